The Bertz CT molecular complexity index is 687. The topological polar surface area (TPSA) is 92.5 Å². The molecule has 0 spiro atoms. The fourth-order valence-corrected chi connectivity index (χ4v) is 5.27. The molecule has 0 radical (unpaired) electrons. The zero-order valence-corrected chi connectivity index (χ0v) is 14.1. The summed E-state index contributed by atoms with van der Waals surface area (Å²) in [7, 11) is -3.50. The summed E-state index contributed by atoms with van der Waals surface area (Å²) < 4.78 is 27.2. The van der Waals surface area contributed by atoms with Crippen molar-refractivity contribution in [1.82, 2.24) is 4.31 Å². The van der Waals surface area contributed by atoms with Crippen molar-refractivity contribution in [3.05, 3.63) is 24.3 Å². The first-order valence-corrected chi connectivity index (χ1v) is 9.45. The lowest BCUT2D eigenvalue weighted by atomic mass is 9.78. The van der Waals surface area contributed by atoms with E-state index in [1.165, 1.54) is 6.92 Å². The lowest BCUT2D eigenvalue weighted by Crippen LogP contribution is -2.38. The fourth-order valence-electron chi connectivity index (χ4n) is 3.73. The smallest absolute Gasteiger partial charge is 0.243 e. The van der Waals surface area contributed by atoms with Gasteiger partial charge in [0.15, 0.2) is 0 Å². The van der Waals surface area contributed by atoms with Crippen LogP contribution in [-0.2, 0) is 14.8 Å². The van der Waals surface area contributed by atoms with Crippen LogP contribution in [0.5, 0.6) is 0 Å². The molecule has 3 unspecified atom stereocenters. The molecule has 1 aliphatic carbocycles. The highest BCUT2D eigenvalue weighted by Crippen LogP contribution is 2.37. The molecule has 0 bridgehead atoms. The van der Waals surface area contributed by atoms with Gasteiger partial charge < -0.3 is 11.1 Å². The van der Waals surface area contributed by atoms with Gasteiger partial charge >= 0.3 is 0 Å². The highest BCUT2D eigenvalue weighted by molar-refractivity contribution is 7.89. The van der Waals surface area contributed by atoms with Crippen LogP contribution in [0.2, 0.25) is 0 Å². The maximum absolute atomic E-state index is 12.8. The van der Waals surface area contributed by atoms with Crippen molar-refractivity contribution in [3.63, 3.8) is 0 Å². The Balaban J connectivity index is 1.78. The van der Waals surface area contributed by atoms with Crippen LogP contribution < -0.4 is 11.1 Å². The molecule has 1 amide bonds. The SMILES string of the molecule is CC(=O)Nc1ccc(S(=O)(=O)N2CC3CCCC(N)C3C2)cc1. The lowest BCUT2D eigenvalue weighted by Gasteiger charge is -2.29. The van der Waals surface area contributed by atoms with Crippen LogP contribution in [0.15, 0.2) is 29.2 Å². The second-order valence-corrected chi connectivity index (χ2v) is 8.48. The number of sulfonamides is 1. The molecule has 23 heavy (non-hydrogen) atoms. The van der Waals surface area contributed by atoms with E-state index in [2.05, 4.69) is 5.32 Å². The molecule has 3 atom stereocenters. The van der Waals surface area contributed by atoms with Gasteiger partial charge in [-0.2, -0.15) is 4.31 Å². The molecule has 1 saturated carbocycles. The molecule has 6 nitrogen and oxygen atoms in total. The monoisotopic (exact) mass is 337 g/mol. The number of amides is 1. The molecule has 126 valence electrons. The molecular formula is C16H23N3O3S. The van der Waals surface area contributed by atoms with Crippen molar-refractivity contribution >= 4 is 21.6 Å². The minimum Gasteiger partial charge on any atom is -0.327 e. The van der Waals surface area contributed by atoms with E-state index in [0.29, 0.717) is 24.7 Å². The molecule has 2 aliphatic rings. The normalized spacial score (nSPS) is 28.3. The first kappa shape index (κ1) is 16.4. The van der Waals surface area contributed by atoms with Crippen LogP contribution in [0.3, 0.4) is 0 Å². The van der Waals surface area contributed by atoms with Gasteiger partial charge in [0.05, 0.1) is 4.90 Å². The molecule has 3 N–H and O–H groups in total. The molecule has 1 aromatic carbocycles. The van der Waals surface area contributed by atoms with E-state index in [1.807, 2.05) is 0 Å². The van der Waals surface area contributed by atoms with Crippen LogP contribution in [-0.4, -0.2) is 37.8 Å². The summed E-state index contributed by atoms with van der Waals surface area (Å²) >= 11 is 0. The Hall–Kier alpha value is -1.44. The van der Waals surface area contributed by atoms with Gasteiger partial charge in [-0.3, -0.25) is 4.79 Å². The summed E-state index contributed by atoms with van der Waals surface area (Å²) in [6, 6.07) is 6.42. The molecule has 1 aliphatic heterocycles. The number of nitrogens with zero attached hydrogens (tertiary/aromatic N) is 1. The van der Waals surface area contributed by atoms with Gasteiger partial charge in [0.25, 0.3) is 0 Å². The second kappa shape index (κ2) is 6.22. The number of nitrogens with two attached hydrogens (primary N) is 1. The Morgan fingerprint density at radius 3 is 2.52 bits per heavy atom. The quantitative estimate of drug-likeness (QED) is 0.872. The zero-order chi connectivity index (χ0) is 16.6. The van der Waals surface area contributed by atoms with E-state index in [0.717, 1.165) is 19.3 Å². The van der Waals surface area contributed by atoms with Crippen LogP contribution in [0, 0.1) is 11.8 Å². The summed E-state index contributed by atoms with van der Waals surface area (Å²) in [5, 5.41) is 2.64. The number of benzene rings is 1. The maximum Gasteiger partial charge on any atom is 0.243 e. The number of rotatable bonds is 3. The zero-order valence-electron chi connectivity index (χ0n) is 13.2. The molecule has 0 aromatic heterocycles. The van der Waals surface area contributed by atoms with Gasteiger partial charge in [-0.05, 0) is 48.9 Å². The summed E-state index contributed by atoms with van der Waals surface area (Å²) in [4.78, 5) is 11.3. The Morgan fingerprint density at radius 2 is 1.91 bits per heavy atom. The van der Waals surface area contributed by atoms with Crippen molar-refractivity contribution < 1.29 is 13.2 Å². The highest BCUT2D eigenvalue weighted by atomic mass is 32.2. The standard InChI is InChI=1S/C16H23N3O3S/c1-11(20)18-13-5-7-14(8-6-13)23(21,22)19-9-12-3-2-4-16(17)15(12)10-19/h5-8,12,15-16H,2-4,9-10,17H2,1H3,(H,18,20). The molecule has 7 heteroatoms. The highest BCUT2D eigenvalue weighted by Gasteiger charge is 2.43. The van der Waals surface area contributed by atoms with Crippen LogP contribution >= 0.6 is 0 Å². The van der Waals surface area contributed by atoms with Gasteiger partial charge in [-0.15, -0.1) is 0 Å². The van der Waals surface area contributed by atoms with E-state index >= 15 is 0 Å². The van der Waals surface area contributed by atoms with Gasteiger partial charge in [-0.25, -0.2) is 8.42 Å². The van der Waals surface area contributed by atoms with E-state index in [9.17, 15) is 13.2 Å². The van der Waals surface area contributed by atoms with Crippen molar-refractivity contribution in [3.8, 4) is 0 Å². The van der Waals surface area contributed by atoms with Gasteiger partial charge in [0, 0.05) is 31.7 Å². The minimum absolute atomic E-state index is 0.107. The Morgan fingerprint density at radius 1 is 1.22 bits per heavy atom. The summed E-state index contributed by atoms with van der Waals surface area (Å²) in [5.41, 5.74) is 6.76. The third-order valence-corrected chi connectivity index (χ3v) is 6.78. The van der Waals surface area contributed by atoms with Crippen LogP contribution in [0.1, 0.15) is 26.2 Å². The third-order valence-electron chi connectivity index (χ3n) is 4.93. The summed E-state index contributed by atoms with van der Waals surface area (Å²) in [5.74, 6) is 0.475. The summed E-state index contributed by atoms with van der Waals surface area (Å²) in [6.07, 6.45) is 3.13. The Labute approximate surface area is 137 Å². The van der Waals surface area contributed by atoms with E-state index in [4.69, 9.17) is 5.73 Å². The van der Waals surface area contributed by atoms with Gasteiger partial charge in [0.1, 0.15) is 0 Å². The number of hydrogen-bond acceptors (Lipinski definition) is 4. The fraction of sp³-hybridized carbons (Fsp3) is 0.562. The van der Waals surface area contributed by atoms with Gasteiger partial charge in [0.2, 0.25) is 15.9 Å². The van der Waals surface area contributed by atoms with E-state index in [1.54, 1.807) is 28.6 Å². The number of hydrogen-bond donors (Lipinski definition) is 2. The molecule has 2 fully saturated rings. The average molecular weight is 337 g/mol. The largest absolute Gasteiger partial charge is 0.327 e. The molecule has 1 saturated heterocycles. The number of anilines is 1. The van der Waals surface area contributed by atoms with Crippen molar-refractivity contribution in [2.75, 3.05) is 18.4 Å². The minimum atomic E-state index is -3.50. The lowest BCUT2D eigenvalue weighted by molar-refractivity contribution is -0.114. The molecule has 1 aromatic rings. The van der Waals surface area contributed by atoms with Crippen molar-refractivity contribution in [1.29, 1.82) is 0 Å². The number of carbonyl (C=O) groups excluding carboxylic acids is 1. The maximum atomic E-state index is 12.8. The number of fused-ring (bicyclic) bond motifs is 1. The third kappa shape index (κ3) is 3.27. The molecule has 1 heterocycles. The average Bonchev–Trinajstić information content (AvgIpc) is 2.93. The predicted octanol–water partition coefficient (Wildman–Crippen LogP) is 1.39. The van der Waals surface area contributed by atoms with E-state index in [-0.39, 0.29) is 22.8 Å². The van der Waals surface area contributed by atoms with Crippen molar-refractivity contribution in [2.24, 2.45) is 17.6 Å². The number of nitrogens with one attached hydrogen (secondary N) is 1. The number of carbonyl (C=O) groups is 1. The van der Waals surface area contributed by atoms with Crippen LogP contribution in [0.4, 0.5) is 5.69 Å². The summed E-state index contributed by atoms with van der Waals surface area (Å²) in [6.45, 7) is 2.50. The second-order valence-electron chi connectivity index (χ2n) is 6.55. The van der Waals surface area contributed by atoms with E-state index < -0.39 is 10.0 Å². The van der Waals surface area contributed by atoms with Crippen LogP contribution in [0.25, 0.3) is 0 Å². The first-order chi connectivity index (χ1) is 10.9. The first-order valence-electron chi connectivity index (χ1n) is 8.01. The Kier molecular flexibility index (Phi) is 4.44. The van der Waals surface area contributed by atoms with Crippen molar-refractivity contribution in [2.45, 2.75) is 37.1 Å². The van der Waals surface area contributed by atoms with Gasteiger partial charge in [-0.1, -0.05) is 6.42 Å². The molecular weight excluding hydrogens is 314 g/mol. The molecule has 3 rings (SSSR count). The predicted molar refractivity (Wildman–Crippen MR) is 88.3 cm³/mol.